The normalized spacial score (nSPS) is 18.3. The largest absolute Gasteiger partial charge is 0.482 e. The average Bonchev–Trinajstić information content (AvgIpc) is 2.66. The number of ether oxygens (including phenoxy) is 2. The fraction of sp³-hybridized carbons (Fsp3) is 0.556. The van der Waals surface area contributed by atoms with Crippen molar-refractivity contribution in [3.63, 3.8) is 0 Å². The number of fused-ring (bicyclic) bond motifs is 1. The van der Waals surface area contributed by atoms with Crippen LogP contribution in [0.2, 0.25) is 0 Å². The molecule has 0 spiro atoms. The molecular formula is C18H26ClN3O4. The number of anilines is 1. The van der Waals surface area contributed by atoms with Crippen molar-refractivity contribution in [3.8, 4) is 5.75 Å². The molecule has 1 aromatic carbocycles. The van der Waals surface area contributed by atoms with Gasteiger partial charge >= 0.3 is 0 Å². The van der Waals surface area contributed by atoms with Crippen LogP contribution >= 0.6 is 12.4 Å². The van der Waals surface area contributed by atoms with Crippen molar-refractivity contribution in [3.05, 3.63) is 24.3 Å². The second kappa shape index (κ2) is 9.75. The predicted molar refractivity (Wildman–Crippen MR) is 101 cm³/mol. The maximum absolute atomic E-state index is 12.2. The first-order valence-corrected chi connectivity index (χ1v) is 8.80. The third kappa shape index (κ3) is 4.87. The Morgan fingerprint density at radius 2 is 2.04 bits per heavy atom. The lowest BCUT2D eigenvalue weighted by molar-refractivity contribution is -0.124. The average molecular weight is 384 g/mol. The van der Waals surface area contributed by atoms with Crippen LogP contribution in [0.15, 0.2) is 24.3 Å². The molecule has 3 N–H and O–H groups in total. The third-order valence-electron chi connectivity index (χ3n) is 4.74. The van der Waals surface area contributed by atoms with Gasteiger partial charge in [0.05, 0.1) is 11.7 Å². The van der Waals surface area contributed by atoms with Crippen LogP contribution in [-0.4, -0.2) is 50.8 Å². The topological polar surface area (TPSA) is 93.9 Å². The van der Waals surface area contributed by atoms with Gasteiger partial charge in [0.15, 0.2) is 6.61 Å². The Labute approximate surface area is 159 Å². The lowest BCUT2D eigenvalue weighted by Gasteiger charge is -2.29. The zero-order valence-electron chi connectivity index (χ0n) is 14.7. The second-order valence-corrected chi connectivity index (χ2v) is 6.42. The number of benzene rings is 1. The van der Waals surface area contributed by atoms with Crippen LogP contribution in [0.1, 0.15) is 19.3 Å². The van der Waals surface area contributed by atoms with E-state index in [1.165, 1.54) is 0 Å². The van der Waals surface area contributed by atoms with Crippen LogP contribution in [0.25, 0.3) is 0 Å². The molecule has 2 amide bonds. The van der Waals surface area contributed by atoms with Gasteiger partial charge in [-0.1, -0.05) is 12.1 Å². The van der Waals surface area contributed by atoms with Crippen LogP contribution < -0.4 is 20.7 Å². The zero-order valence-corrected chi connectivity index (χ0v) is 15.5. The predicted octanol–water partition coefficient (Wildman–Crippen LogP) is 1.09. The van der Waals surface area contributed by atoms with Gasteiger partial charge < -0.3 is 25.4 Å². The van der Waals surface area contributed by atoms with E-state index < -0.39 is 6.04 Å². The van der Waals surface area contributed by atoms with Crippen LogP contribution in [0.4, 0.5) is 5.69 Å². The Kier molecular flexibility index (Phi) is 7.68. The number of nitrogens with one attached hydrogen (secondary N) is 1. The number of carbonyl (C=O) groups is 2. The number of halogens is 1. The molecule has 2 aliphatic heterocycles. The lowest BCUT2D eigenvalue weighted by atomic mass is 9.92. The number of rotatable bonds is 6. The molecule has 1 fully saturated rings. The number of hydrogen-bond acceptors (Lipinski definition) is 5. The molecular weight excluding hydrogens is 358 g/mol. The number of carbonyl (C=O) groups excluding carboxylic acids is 2. The summed E-state index contributed by atoms with van der Waals surface area (Å²) in [6, 6.07) is 6.98. The SMILES string of the molecule is Cl.NC(C(=O)NCCCN1C(=O)COc2ccccc21)C1CCOCC1. The molecule has 1 aromatic rings. The summed E-state index contributed by atoms with van der Waals surface area (Å²) in [7, 11) is 0. The highest BCUT2D eigenvalue weighted by Crippen LogP contribution is 2.31. The number of nitrogens with two attached hydrogens (primary N) is 1. The lowest BCUT2D eigenvalue weighted by Crippen LogP contribution is -2.47. The summed E-state index contributed by atoms with van der Waals surface area (Å²) in [5, 5.41) is 2.88. The molecule has 1 atom stereocenters. The smallest absolute Gasteiger partial charge is 0.265 e. The van der Waals surface area contributed by atoms with Gasteiger partial charge in [0.25, 0.3) is 5.91 Å². The van der Waals surface area contributed by atoms with Crippen molar-refractivity contribution in [2.24, 2.45) is 11.7 Å². The molecule has 26 heavy (non-hydrogen) atoms. The van der Waals surface area contributed by atoms with E-state index in [1.807, 2.05) is 24.3 Å². The van der Waals surface area contributed by atoms with E-state index in [1.54, 1.807) is 4.90 Å². The van der Waals surface area contributed by atoms with Crippen LogP contribution in [-0.2, 0) is 14.3 Å². The third-order valence-corrected chi connectivity index (χ3v) is 4.74. The van der Waals surface area contributed by atoms with E-state index in [9.17, 15) is 9.59 Å². The first-order valence-electron chi connectivity index (χ1n) is 8.80. The minimum Gasteiger partial charge on any atom is -0.482 e. The summed E-state index contributed by atoms with van der Waals surface area (Å²) >= 11 is 0. The van der Waals surface area contributed by atoms with Crippen molar-refractivity contribution in [2.75, 3.05) is 37.8 Å². The minimum atomic E-state index is -0.491. The van der Waals surface area contributed by atoms with Crippen molar-refractivity contribution in [1.82, 2.24) is 5.32 Å². The van der Waals surface area contributed by atoms with Gasteiger partial charge in [-0.05, 0) is 37.3 Å². The van der Waals surface area contributed by atoms with Gasteiger partial charge in [-0.25, -0.2) is 0 Å². The molecule has 0 radical (unpaired) electrons. The maximum atomic E-state index is 12.2. The highest BCUT2D eigenvalue weighted by Gasteiger charge is 2.27. The molecule has 144 valence electrons. The van der Waals surface area contributed by atoms with E-state index in [4.69, 9.17) is 15.2 Å². The summed E-state index contributed by atoms with van der Waals surface area (Å²) in [6.07, 6.45) is 2.31. The first-order chi connectivity index (χ1) is 12.2. The number of nitrogens with zero attached hydrogens (tertiary/aromatic N) is 1. The fourth-order valence-electron chi connectivity index (χ4n) is 3.25. The van der Waals surface area contributed by atoms with Gasteiger partial charge in [-0.2, -0.15) is 0 Å². The molecule has 2 aliphatic rings. The van der Waals surface area contributed by atoms with E-state index in [-0.39, 0.29) is 36.7 Å². The molecule has 0 aliphatic carbocycles. The Balaban J connectivity index is 0.00000243. The fourth-order valence-corrected chi connectivity index (χ4v) is 3.25. The van der Waals surface area contributed by atoms with Crippen LogP contribution in [0, 0.1) is 5.92 Å². The molecule has 0 aromatic heterocycles. The molecule has 0 saturated carbocycles. The van der Waals surface area contributed by atoms with Crippen LogP contribution in [0.5, 0.6) is 5.75 Å². The molecule has 1 unspecified atom stereocenters. The van der Waals surface area contributed by atoms with Crippen LogP contribution in [0.3, 0.4) is 0 Å². The van der Waals surface area contributed by atoms with Crippen molar-refractivity contribution in [1.29, 1.82) is 0 Å². The van der Waals surface area contributed by atoms with Crippen molar-refractivity contribution in [2.45, 2.75) is 25.3 Å². The standard InChI is InChI=1S/C18H25N3O4.ClH/c19-17(13-6-10-24-11-7-13)18(23)20-8-3-9-21-14-4-1-2-5-15(14)25-12-16(21)22;/h1-2,4-5,13,17H,3,6-12,19H2,(H,20,23);1H. The molecule has 3 rings (SSSR count). The molecule has 0 bridgehead atoms. The highest BCUT2D eigenvalue weighted by molar-refractivity contribution is 5.97. The monoisotopic (exact) mass is 383 g/mol. The van der Waals surface area contributed by atoms with Gasteiger partial charge in [0.2, 0.25) is 5.91 Å². The quantitative estimate of drug-likeness (QED) is 0.717. The van der Waals surface area contributed by atoms with E-state index in [0.717, 1.165) is 18.5 Å². The van der Waals surface area contributed by atoms with Gasteiger partial charge in [0.1, 0.15) is 5.75 Å². The molecule has 1 saturated heterocycles. The summed E-state index contributed by atoms with van der Waals surface area (Å²) in [4.78, 5) is 26.0. The molecule has 7 nitrogen and oxygen atoms in total. The summed E-state index contributed by atoms with van der Waals surface area (Å²) < 4.78 is 10.7. The Bertz CT molecular complexity index is 622. The number of para-hydroxylation sites is 2. The number of amides is 2. The number of hydrogen-bond donors (Lipinski definition) is 2. The highest BCUT2D eigenvalue weighted by atomic mass is 35.5. The van der Waals surface area contributed by atoms with Crippen molar-refractivity contribution < 1.29 is 19.1 Å². The minimum absolute atomic E-state index is 0. The van der Waals surface area contributed by atoms with Gasteiger partial charge in [-0.15, -0.1) is 12.4 Å². The Morgan fingerprint density at radius 1 is 1.31 bits per heavy atom. The van der Waals surface area contributed by atoms with Gasteiger partial charge in [0, 0.05) is 26.3 Å². The van der Waals surface area contributed by atoms with Gasteiger partial charge in [-0.3, -0.25) is 9.59 Å². The Hall–Kier alpha value is -1.83. The summed E-state index contributed by atoms with van der Waals surface area (Å²) in [6.45, 7) is 2.42. The second-order valence-electron chi connectivity index (χ2n) is 6.42. The Morgan fingerprint density at radius 3 is 2.81 bits per heavy atom. The zero-order chi connectivity index (χ0) is 17.6. The summed E-state index contributed by atoms with van der Waals surface area (Å²) in [5.74, 6) is 0.707. The van der Waals surface area contributed by atoms with E-state index >= 15 is 0 Å². The van der Waals surface area contributed by atoms with E-state index in [2.05, 4.69) is 5.32 Å². The molecule has 2 heterocycles. The van der Waals surface area contributed by atoms with E-state index in [0.29, 0.717) is 38.5 Å². The first kappa shape index (κ1) is 20.5. The maximum Gasteiger partial charge on any atom is 0.265 e. The van der Waals surface area contributed by atoms with Crippen molar-refractivity contribution >= 4 is 29.9 Å². The summed E-state index contributed by atoms with van der Waals surface area (Å²) in [5.41, 5.74) is 6.84. The molecule has 8 heteroatoms.